The normalized spacial score (nSPS) is 16.8. The number of benzene rings is 2. The van der Waals surface area contributed by atoms with Crippen LogP contribution in [0.15, 0.2) is 82.3 Å². The minimum Gasteiger partial charge on any atom is -0.506 e. The first-order chi connectivity index (χ1) is 25.6. The number of esters is 1. The van der Waals surface area contributed by atoms with E-state index >= 15 is 0 Å². The lowest BCUT2D eigenvalue weighted by Gasteiger charge is -2.35. The Morgan fingerprint density at radius 1 is 1.02 bits per heavy atom. The molecular weight excluding hydrogens is 717 g/mol. The van der Waals surface area contributed by atoms with Crippen molar-refractivity contribution < 1.29 is 34.4 Å². The molecule has 12 nitrogen and oxygen atoms in total. The molecule has 1 aliphatic rings. The molecule has 0 bridgehead atoms. The van der Waals surface area contributed by atoms with Crippen LogP contribution in [0.3, 0.4) is 0 Å². The quantitative estimate of drug-likeness (QED) is 0.0776. The third kappa shape index (κ3) is 8.81. The molecule has 0 radical (unpaired) electrons. The molecule has 1 aliphatic carbocycles. The topological polar surface area (TPSA) is 173 Å². The van der Waals surface area contributed by atoms with Crippen molar-refractivity contribution in [1.82, 2.24) is 15.2 Å². The second-order valence-corrected chi connectivity index (χ2v) is 15.1. The number of H-pyrrole nitrogens is 1. The first-order valence-corrected chi connectivity index (χ1v) is 19.2. The van der Waals surface area contributed by atoms with Crippen LogP contribution in [0.2, 0.25) is 0 Å². The van der Waals surface area contributed by atoms with Gasteiger partial charge in [0.2, 0.25) is 17.1 Å². The number of fused-ring (bicyclic) bond motifs is 1. The van der Waals surface area contributed by atoms with Gasteiger partial charge in [-0.2, -0.15) is 0 Å². The summed E-state index contributed by atoms with van der Waals surface area (Å²) in [5.41, 5.74) is 0.128. The van der Waals surface area contributed by atoms with Crippen LogP contribution in [0.25, 0.3) is 10.9 Å². The second kappa shape index (κ2) is 17.1. The number of carbonyl (C=O) groups excluding carboxylic acids is 2. The average molecular weight is 761 g/mol. The number of amides is 1. The van der Waals surface area contributed by atoms with E-state index in [0.29, 0.717) is 64.5 Å². The number of nitrogens with one attached hydrogen (secondary N) is 3. The summed E-state index contributed by atoms with van der Waals surface area (Å²) in [4.78, 5) is 43.9. The summed E-state index contributed by atoms with van der Waals surface area (Å²) < 4.78 is 11.5. The zero-order valence-electron chi connectivity index (χ0n) is 29.5. The fourth-order valence-electron chi connectivity index (χ4n) is 6.79. The highest BCUT2D eigenvalue weighted by Crippen LogP contribution is 2.38. The molecular formula is C39H44N4O8S2. The lowest BCUT2D eigenvalue weighted by Crippen LogP contribution is -2.42. The standard InChI is InChI=1S/C39H44N4O8S2/c1-43(26-9-11-27(12-10-26)51-38(48)39(49,33-5-3-19-52-33)34-6-4-20-53-34)18-17-36(47)41-25-8-7-24(32(21-25)50-2)22-40-23-31(45)28-13-15-30(44)37-29(28)14-16-35(46)42-37/h3-8,13-16,19-21,26-27,31,40,44-45,49H,9-12,17-18,22-23H2,1-2H3,(H,41,47)(H,42,46). The predicted octanol–water partition coefficient (Wildman–Crippen LogP) is 5.24. The molecule has 1 amide bonds. The van der Waals surface area contributed by atoms with E-state index in [1.807, 2.05) is 42.1 Å². The zero-order valence-corrected chi connectivity index (χ0v) is 31.2. The maximum atomic E-state index is 13.4. The summed E-state index contributed by atoms with van der Waals surface area (Å²) in [6, 6.07) is 18.8. The molecule has 53 heavy (non-hydrogen) atoms. The van der Waals surface area contributed by atoms with Crippen LogP contribution < -0.4 is 20.9 Å². The Labute approximate surface area is 315 Å². The van der Waals surface area contributed by atoms with E-state index in [0.717, 1.165) is 18.4 Å². The Morgan fingerprint density at radius 2 is 1.74 bits per heavy atom. The summed E-state index contributed by atoms with van der Waals surface area (Å²) in [5, 5.41) is 43.0. The molecule has 2 aromatic carbocycles. The molecule has 3 aromatic heterocycles. The number of methoxy groups -OCH3 is 1. The van der Waals surface area contributed by atoms with E-state index in [1.165, 1.54) is 34.8 Å². The van der Waals surface area contributed by atoms with E-state index in [-0.39, 0.29) is 41.4 Å². The van der Waals surface area contributed by atoms with Crippen LogP contribution in [0.5, 0.6) is 11.5 Å². The van der Waals surface area contributed by atoms with Crippen molar-refractivity contribution in [2.45, 2.75) is 62.5 Å². The van der Waals surface area contributed by atoms with Crippen LogP contribution in [-0.4, -0.2) is 76.5 Å². The number of aliphatic hydroxyl groups excluding tert-OH is 1. The second-order valence-electron chi connectivity index (χ2n) is 13.2. The van der Waals surface area contributed by atoms with Crippen molar-refractivity contribution in [2.75, 3.05) is 32.6 Å². The van der Waals surface area contributed by atoms with Crippen LogP contribution in [0, 0.1) is 0 Å². The minimum atomic E-state index is -1.81. The van der Waals surface area contributed by atoms with Gasteiger partial charge in [0.05, 0.1) is 28.5 Å². The number of carbonyl (C=O) groups is 2. The van der Waals surface area contributed by atoms with Gasteiger partial charge in [-0.3, -0.25) is 9.59 Å². The number of aromatic hydroxyl groups is 1. The fraction of sp³-hybridized carbons (Fsp3) is 0.359. The lowest BCUT2D eigenvalue weighted by molar-refractivity contribution is -0.169. The number of rotatable bonds is 15. The molecule has 0 spiro atoms. The van der Waals surface area contributed by atoms with Gasteiger partial charge in [0.25, 0.3) is 0 Å². The maximum Gasteiger partial charge on any atom is 0.349 e. The average Bonchev–Trinajstić information content (AvgIpc) is 3.91. The molecule has 280 valence electrons. The highest BCUT2D eigenvalue weighted by atomic mass is 32.1. The van der Waals surface area contributed by atoms with Crippen LogP contribution in [0.4, 0.5) is 5.69 Å². The number of pyridine rings is 1. The van der Waals surface area contributed by atoms with Gasteiger partial charge in [-0.1, -0.05) is 24.3 Å². The number of thiophene rings is 2. The highest BCUT2D eigenvalue weighted by molar-refractivity contribution is 7.12. The van der Waals surface area contributed by atoms with Crippen molar-refractivity contribution in [3.05, 3.63) is 109 Å². The van der Waals surface area contributed by atoms with Gasteiger partial charge in [0.15, 0.2) is 0 Å². The summed E-state index contributed by atoms with van der Waals surface area (Å²) in [7, 11) is 3.56. The van der Waals surface area contributed by atoms with E-state index in [1.54, 1.807) is 37.4 Å². The predicted molar refractivity (Wildman–Crippen MR) is 206 cm³/mol. The molecule has 1 atom stereocenters. The molecule has 0 aliphatic heterocycles. The van der Waals surface area contributed by atoms with Crippen LogP contribution >= 0.6 is 22.7 Å². The lowest BCUT2D eigenvalue weighted by atomic mass is 9.91. The smallest absolute Gasteiger partial charge is 0.349 e. The largest absolute Gasteiger partial charge is 0.506 e. The first-order valence-electron chi connectivity index (χ1n) is 17.5. The van der Waals surface area contributed by atoms with Crippen molar-refractivity contribution in [2.24, 2.45) is 0 Å². The fourth-order valence-corrected chi connectivity index (χ4v) is 8.50. The SMILES string of the molecule is COc1cc(NC(=O)CCN(C)C2CCC(OC(=O)C(O)(c3cccs3)c3cccs3)CC2)ccc1CNCC(O)c1ccc(O)c2[nH]c(=O)ccc12. The van der Waals surface area contributed by atoms with Gasteiger partial charge in [0.1, 0.15) is 17.6 Å². The number of anilines is 1. The summed E-state index contributed by atoms with van der Waals surface area (Å²) in [5.74, 6) is -0.257. The molecule has 3 heterocycles. The van der Waals surface area contributed by atoms with Gasteiger partial charge in [0, 0.05) is 60.9 Å². The number of aliphatic hydroxyl groups is 2. The number of aromatic nitrogens is 1. The molecule has 1 saturated carbocycles. The Kier molecular flexibility index (Phi) is 12.3. The number of phenolic OH excluding ortho intramolecular Hbond substituents is 1. The highest BCUT2D eigenvalue weighted by Gasteiger charge is 2.45. The molecule has 6 rings (SSSR count). The van der Waals surface area contributed by atoms with Gasteiger partial charge >= 0.3 is 5.97 Å². The van der Waals surface area contributed by atoms with Crippen molar-refractivity contribution >= 4 is 51.1 Å². The number of nitrogens with zero attached hydrogens (tertiary/aromatic N) is 1. The third-order valence-corrected chi connectivity index (χ3v) is 11.7. The molecule has 14 heteroatoms. The number of phenols is 1. The van der Waals surface area contributed by atoms with Gasteiger partial charge < -0.3 is 45.3 Å². The third-order valence-electron chi connectivity index (χ3n) is 9.77. The van der Waals surface area contributed by atoms with E-state index < -0.39 is 17.7 Å². The first kappa shape index (κ1) is 38.2. The van der Waals surface area contributed by atoms with Crippen LogP contribution in [0.1, 0.15) is 59.1 Å². The van der Waals surface area contributed by atoms with Crippen molar-refractivity contribution in [3.8, 4) is 11.5 Å². The zero-order chi connectivity index (χ0) is 37.5. The number of hydrogen-bond acceptors (Lipinski definition) is 12. The summed E-state index contributed by atoms with van der Waals surface area (Å²) in [6.45, 7) is 1.15. The monoisotopic (exact) mass is 760 g/mol. The minimum absolute atomic E-state index is 0.0687. The van der Waals surface area contributed by atoms with Gasteiger partial charge in [-0.05, 0) is 79.4 Å². The van der Waals surface area contributed by atoms with Gasteiger partial charge in [-0.15, -0.1) is 22.7 Å². The summed E-state index contributed by atoms with van der Waals surface area (Å²) in [6.07, 6.45) is 2.07. The van der Waals surface area contributed by atoms with Crippen molar-refractivity contribution in [1.29, 1.82) is 0 Å². The number of hydrogen-bond donors (Lipinski definition) is 6. The number of aromatic amines is 1. The van der Waals surface area contributed by atoms with E-state index in [9.17, 15) is 29.7 Å². The molecule has 1 fully saturated rings. The Balaban J connectivity index is 0.944. The molecule has 1 unspecified atom stereocenters. The Bertz CT molecular complexity index is 2030. The molecule has 5 aromatic rings. The van der Waals surface area contributed by atoms with Crippen LogP contribution in [-0.2, 0) is 26.5 Å². The van der Waals surface area contributed by atoms with E-state index in [2.05, 4.69) is 20.5 Å². The molecule has 0 saturated heterocycles. The Morgan fingerprint density at radius 3 is 2.40 bits per heavy atom. The maximum absolute atomic E-state index is 13.4. The summed E-state index contributed by atoms with van der Waals surface area (Å²) >= 11 is 2.65. The van der Waals surface area contributed by atoms with Crippen molar-refractivity contribution in [3.63, 3.8) is 0 Å². The molecule has 6 N–H and O–H groups in total. The van der Waals surface area contributed by atoms with Gasteiger partial charge in [-0.25, -0.2) is 4.79 Å². The number of ether oxygens (including phenoxy) is 2. The van der Waals surface area contributed by atoms with E-state index in [4.69, 9.17) is 9.47 Å². The Hall–Kier alpha value is -4.57.